The van der Waals surface area contributed by atoms with Gasteiger partial charge in [0.2, 0.25) is 0 Å². The second-order valence-corrected chi connectivity index (χ2v) is 6.15. The third-order valence-electron chi connectivity index (χ3n) is 3.40. The van der Waals surface area contributed by atoms with Gasteiger partial charge in [0, 0.05) is 74.4 Å². The summed E-state index contributed by atoms with van der Waals surface area (Å²) in [5, 5.41) is 0. The molecular formula is C30H30FeN6+2. The molecule has 37 heavy (non-hydrogen) atoms. The van der Waals surface area contributed by atoms with Gasteiger partial charge in [0.15, 0.2) is 0 Å². The molecule has 0 spiro atoms. The van der Waals surface area contributed by atoms with Crippen LogP contribution in [0, 0.1) is 0 Å². The Labute approximate surface area is 230 Å². The van der Waals surface area contributed by atoms with Crippen molar-refractivity contribution >= 4 is 0 Å². The van der Waals surface area contributed by atoms with Crippen molar-refractivity contribution in [2.45, 2.75) is 0 Å². The molecule has 186 valence electrons. The van der Waals surface area contributed by atoms with Crippen molar-refractivity contribution in [2.24, 2.45) is 0 Å². The van der Waals surface area contributed by atoms with Crippen molar-refractivity contribution in [1.82, 2.24) is 29.9 Å². The van der Waals surface area contributed by atoms with Gasteiger partial charge in [0.1, 0.15) is 0 Å². The average Bonchev–Trinajstić information content (AvgIpc) is 3.04. The fourth-order valence-electron chi connectivity index (χ4n) is 1.88. The van der Waals surface area contributed by atoms with Gasteiger partial charge in [-0.1, -0.05) is 36.4 Å². The number of rotatable bonds is 0. The van der Waals surface area contributed by atoms with E-state index in [2.05, 4.69) is 29.9 Å². The van der Waals surface area contributed by atoms with E-state index in [4.69, 9.17) is 0 Å². The van der Waals surface area contributed by atoms with Crippen LogP contribution in [0.4, 0.5) is 0 Å². The minimum atomic E-state index is 0. The molecule has 0 unspecified atom stereocenters. The summed E-state index contributed by atoms with van der Waals surface area (Å²) in [6, 6.07) is 34.3. The van der Waals surface area contributed by atoms with Crippen molar-refractivity contribution in [1.29, 1.82) is 0 Å². The Morgan fingerprint density at radius 2 is 0.270 bits per heavy atom. The zero-order valence-corrected chi connectivity index (χ0v) is 21.5. The molecule has 0 aromatic carbocycles. The third kappa shape index (κ3) is 27.5. The number of hydrogen-bond donors (Lipinski definition) is 0. The second-order valence-electron chi connectivity index (χ2n) is 6.15. The summed E-state index contributed by atoms with van der Waals surface area (Å²) in [7, 11) is 0. The van der Waals surface area contributed by atoms with Crippen LogP contribution >= 0.6 is 0 Å². The number of aromatic nitrogens is 6. The fourth-order valence-corrected chi connectivity index (χ4v) is 1.88. The summed E-state index contributed by atoms with van der Waals surface area (Å²) in [5.74, 6) is 0. The predicted molar refractivity (Wildman–Crippen MR) is 145 cm³/mol. The van der Waals surface area contributed by atoms with Crippen LogP contribution in [0.5, 0.6) is 0 Å². The number of pyridine rings is 6. The minimum absolute atomic E-state index is 0. The van der Waals surface area contributed by atoms with Crippen LogP contribution in [0.3, 0.4) is 0 Å². The Morgan fingerprint density at radius 3 is 0.297 bits per heavy atom. The first kappa shape index (κ1) is 32.4. The zero-order chi connectivity index (χ0) is 25.5. The van der Waals surface area contributed by atoms with E-state index >= 15 is 0 Å². The Morgan fingerprint density at radius 1 is 0.162 bits per heavy atom. The van der Waals surface area contributed by atoms with Crippen molar-refractivity contribution in [3.63, 3.8) is 0 Å². The topological polar surface area (TPSA) is 77.3 Å². The molecule has 6 aromatic heterocycles. The van der Waals surface area contributed by atoms with E-state index in [1.165, 1.54) is 0 Å². The number of nitrogens with zero attached hydrogens (tertiary/aromatic N) is 6. The summed E-state index contributed by atoms with van der Waals surface area (Å²) in [6.07, 6.45) is 21.0. The molecule has 6 rings (SSSR count). The third-order valence-corrected chi connectivity index (χ3v) is 3.40. The molecule has 0 aliphatic rings. The normalized spacial score (nSPS) is 7.78. The molecule has 0 bridgehead atoms. The van der Waals surface area contributed by atoms with Crippen molar-refractivity contribution in [2.75, 3.05) is 0 Å². The van der Waals surface area contributed by atoms with Gasteiger partial charge in [0.05, 0.1) is 0 Å². The first-order chi connectivity index (χ1) is 18.0. The molecule has 0 saturated heterocycles. The van der Waals surface area contributed by atoms with E-state index < -0.39 is 0 Å². The van der Waals surface area contributed by atoms with E-state index in [1.54, 1.807) is 74.4 Å². The summed E-state index contributed by atoms with van der Waals surface area (Å²) < 4.78 is 0. The van der Waals surface area contributed by atoms with E-state index in [9.17, 15) is 0 Å². The molecule has 0 N–H and O–H groups in total. The van der Waals surface area contributed by atoms with Crippen molar-refractivity contribution in [3.05, 3.63) is 184 Å². The zero-order valence-electron chi connectivity index (χ0n) is 20.4. The molecule has 0 aliphatic heterocycles. The van der Waals surface area contributed by atoms with Crippen LogP contribution in [-0.2, 0) is 17.1 Å². The van der Waals surface area contributed by atoms with Crippen LogP contribution in [0.15, 0.2) is 184 Å². The quantitative estimate of drug-likeness (QED) is 0.209. The van der Waals surface area contributed by atoms with E-state index in [-0.39, 0.29) is 17.1 Å². The van der Waals surface area contributed by atoms with Crippen LogP contribution in [0.1, 0.15) is 0 Å². The first-order valence-electron chi connectivity index (χ1n) is 11.1. The molecule has 7 heteroatoms. The average molecular weight is 530 g/mol. The van der Waals surface area contributed by atoms with Gasteiger partial charge in [-0.3, -0.25) is 29.9 Å². The van der Waals surface area contributed by atoms with Gasteiger partial charge in [-0.25, -0.2) is 0 Å². The van der Waals surface area contributed by atoms with Crippen LogP contribution in [-0.4, -0.2) is 29.9 Å². The number of hydrogen-bond acceptors (Lipinski definition) is 6. The van der Waals surface area contributed by atoms with Gasteiger partial charge in [-0.05, 0) is 72.8 Å². The predicted octanol–water partition coefficient (Wildman–Crippen LogP) is 6.49. The maximum Gasteiger partial charge on any atom is 2.00 e. The Hall–Kier alpha value is -4.58. The van der Waals surface area contributed by atoms with Crippen LogP contribution in [0.2, 0.25) is 0 Å². The molecule has 0 aliphatic carbocycles. The van der Waals surface area contributed by atoms with Crippen LogP contribution in [0.25, 0.3) is 0 Å². The maximum absolute atomic E-state index is 3.78. The van der Waals surface area contributed by atoms with Gasteiger partial charge >= 0.3 is 17.1 Å². The molecule has 0 radical (unpaired) electrons. The molecule has 0 saturated carbocycles. The van der Waals surface area contributed by atoms with E-state index in [0.29, 0.717) is 0 Å². The smallest absolute Gasteiger partial charge is 0.265 e. The van der Waals surface area contributed by atoms with E-state index in [1.807, 2.05) is 109 Å². The van der Waals surface area contributed by atoms with Gasteiger partial charge in [0.25, 0.3) is 0 Å². The fraction of sp³-hybridized carbons (Fsp3) is 0. The molecule has 6 heterocycles. The Bertz CT molecular complexity index is 706. The maximum atomic E-state index is 3.78. The van der Waals surface area contributed by atoms with Crippen molar-refractivity contribution < 1.29 is 17.1 Å². The Kier molecular flexibility index (Phi) is 25.8. The van der Waals surface area contributed by atoms with E-state index in [0.717, 1.165) is 0 Å². The van der Waals surface area contributed by atoms with Crippen molar-refractivity contribution in [3.8, 4) is 0 Å². The Balaban J connectivity index is 0.000000418. The van der Waals surface area contributed by atoms with Gasteiger partial charge in [-0.2, -0.15) is 0 Å². The van der Waals surface area contributed by atoms with Gasteiger partial charge < -0.3 is 0 Å². The molecule has 0 fully saturated rings. The monoisotopic (exact) mass is 530 g/mol. The molecule has 0 atom stereocenters. The molecule has 0 amide bonds. The molecule has 6 nitrogen and oxygen atoms in total. The summed E-state index contributed by atoms with van der Waals surface area (Å²) in [4.78, 5) is 22.7. The second kappa shape index (κ2) is 29.5. The van der Waals surface area contributed by atoms with Crippen LogP contribution < -0.4 is 0 Å². The van der Waals surface area contributed by atoms with Gasteiger partial charge in [-0.15, -0.1) is 0 Å². The molecular weight excluding hydrogens is 500 g/mol. The summed E-state index contributed by atoms with van der Waals surface area (Å²) in [5.41, 5.74) is 0. The summed E-state index contributed by atoms with van der Waals surface area (Å²) in [6.45, 7) is 0. The largest absolute Gasteiger partial charge is 2.00 e. The first-order valence-corrected chi connectivity index (χ1v) is 11.1. The summed E-state index contributed by atoms with van der Waals surface area (Å²) >= 11 is 0. The standard InChI is InChI=1S/6C5H5N.Fe/c6*1-2-4-6-5-3-1;/h6*1-5H;/q;;;;;;+2. The minimum Gasteiger partial charge on any atom is -0.265 e. The molecule has 6 aromatic rings. The SMILES string of the molecule is [Fe+2].c1ccncc1.c1ccncc1.c1ccncc1.c1ccncc1.c1ccncc1.c1ccncc1.